The third kappa shape index (κ3) is 8.55. The minimum absolute atomic E-state index is 0.236. The fourth-order valence-electron chi connectivity index (χ4n) is 3.28. The zero-order valence-corrected chi connectivity index (χ0v) is 21.8. The van der Waals surface area contributed by atoms with Crippen LogP contribution in [0.25, 0.3) is 5.70 Å². The third-order valence-corrected chi connectivity index (χ3v) is 5.10. The maximum atomic E-state index is 13.4. The Morgan fingerprint density at radius 3 is 1.71 bits per heavy atom. The maximum Gasteiger partial charge on any atom is 0.123 e. The van der Waals surface area contributed by atoms with E-state index in [-0.39, 0.29) is 5.82 Å². The van der Waals surface area contributed by atoms with Crippen LogP contribution in [0.5, 0.6) is 0 Å². The van der Waals surface area contributed by atoms with Gasteiger partial charge in [-0.2, -0.15) is 0 Å². The van der Waals surface area contributed by atoms with E-state index in [9.17, 15) is 4.39 Å². The molecule has 0 radical (unpaired) electrons. The minimum atomic E-state index is -0.236. The minimum Gasteiger partial charge on any atom is -0.388 e. The van der Waals surface area contributed by atoms with Gasteiger partial charge < -0.3 is 10.2 Å². The molecule has 3 rings (SSSR count). The van der Waals surface area contributed by atoms with Crippen molar-refractivity contribution in [2.45, 2.75) is 48.0 Å². The molecule has 0 heterocycles. The molecule has 0 aromatic heterocycles. The van der Waals surface area contributed by atoms with Crippen molar-refractivity contribution in [1.82, 2.24) is 5.32 Å². The fourth-order valence-corrected chi connectivity index (χ4v) is 3.28. The summed E-state index contributed by atoms with van der Waals surface area (Å²) in [6.07, 6.45) is 5.47. The standard InChI is InChI=1S/C27H29FN2.2C2H6/c1-4-21(2)19-26(20-27(29-3)22-15-17-23(28)18-16-22)30(24-11-7-5-8-12-24)25-13-9-6-10-14-25;2*1-2/h5-21,29H,4H2,1-3H3;2*1-2H3/b26-19+,27-20-;;. The summed E-state index contributed by atoms with van der Waals surface area (Å²) in [4.78, 5) is 2.26. The predicted molar refractivity (Wildman–Crippen MR) is 149 cm³/mol. The molecule has 3 aromatic carbocycles. The second kappa shape index (κ2) is 16.3. The first kappa shape index (κ1) is 28.7. The molecule has 0 fully saturated rings. The first-order chi connectivity index (χ1) is 16.6. The average molecular weight is 461 g/mol. The summed E-state index contributed by atoms with van der Waals surface area (Å²) in [6.45, 7) is 12.4. The Morgan fingerprint density at radius 2 is 1.29 bits per heavy atom. The van der Waals surface area contributed by atoms with Crippen molar-refractivity contribution in [3.8, 4) is 0 Å². The largest absolute Gasteiger partial charge is 0.388 e. The summed E-state index contributed by atoms with van der Waals surface area (Å²) in [5.41, 5.74) is 5.11. The van der Waals surface area contributed by atoms with Crippen molar-refractivity contribution in [2.75, 3.05) is 11.9 Å². The van der Waals surface area contributed by atoms with Gasteiger partial charge in [-0.15, -0.1) is 0 Å². The number of hydrogen-bond acceptors (Lipinski definition) is 2. The van der Waals surface area contributed by atoms with Gasteiger partial charge in [0.1, 0.15) is 5.82 Å². The zero-order chi connectivity index (χ0) is 25.3. The lowest BCUT2D eigenvalue weighted by atomic mass is 10.0. The van der Waals surface area contributed by atoms with Gasteiger partial charge in [0.05, 0.1) is 0 Å². The molecular formula is C31H41FN2. The van der Waals surface area contributed by atoms with Crippen molar-refractivity contribution in [3.05, 3.63) is 114 Å². The number of benzene rings is 3. The Labute approximate surface area is 206 Å². The number of halogens is 1. The molecule has 0 aliphatic carbocycles. The molecule has 0 saturated carbocycles. The van der Waals surface area contributed by atoms with Gasteiger partial charge in [-0.25, -0.2) is 4.39 Å². The maximum absolute atomic E-state index is 13.4. The lowest BCUT2D eigenvalue weighted by Crippen LogP contribution is -2.18. The molecule has 1 N–H and O–H groups in total. The second-order valence-corrected chi connectivity index (χ2v) is 7.30. The Hall–Kier alpha value is -3.33. The topological polar surface area (TPSA) is 15.3 Å². The first-order valence-corrected chi connectivity index (χ1v) is 12.4. The van der Waals surface area contributed by atoms with Gasteiger partial charge in [-0.3, -0.25) is 0 Å². The van der Waals surface area contributed by atoms with E-state index in [0.717, 1.165) is 34.8 Å². The van der Waals surface area contributed by atoms with E-state index >= 15 is 0 Å². The van der Waals surface area contributed by atoms with Crippen LogP contribution in [0.4, 0.5) is 15.8 Å². The van der Waals surface area contributed by atoms with Crippen LogP contribution in [0.15, 0.2) is 103 Å². The molecule has 1 atom stereocenters. The normalized spacial score (nSPS) is 11.9. The van der Waals surface area contributed by atoms with Gasteiger partial charge in [-0.05, 0) is 54.0 Å². The van der Waals surface area contributed by atoms with E-state index in [1.807, 2.05) is 46.9 Å². The van der Waals surface area contributed by atoms with Crippen LogP contribution in [-0.2, 0) is 0 Å². The van der Waals surface area contributed by atoms with E-state index in [1.165, 1.54) is 12.1 Å². The van der Waals surface area contributed by atoms with Gasteiger partial charge in [-0.1, -0.05) is 103 Å². The van der Waals surface area contributed by atoms with Crippen LogP contribution >= 0.6 is 0 Å². The van der Waals surface area contributed by atoms with Crippen molar-refractivity contribution in [2.24, 2.45) is 5.92 Å². The summed E-state index contributed by atoms with van der Waals surface area (Å²) in [5.74, 6) is 0.164. The van der Waals surface area contributed by atoms with Crippen LogP contribution in [0.3, 0.4) is 0 Å². The molecule has 2 nitrogen and oxygen atoms in total. The summed E-state index contributed by atoms with van der Waals surface area (Å²) in [6, 6.07) is 27.3. The summed E-state index contributed by atoms with van der Waals surface area (Å²) < 4.78 is 13.4. The number of hydrogen-bond donors (Lipinski definition) is 1. The van der Waals surface area contributed by atoms with E-state index in [2.05, 4.69) is 84.7 Å². The van der Waals surface area contributed by atoms with Crippen LogP contribution < -0.4 is 10.2 Å². The monoisotopic (exact) mass is 460 g/mol. The number of rotatable bonds is 8. The third-order valence-electron chi connectivity index (χ3n) is 5.10. The Kier molecular flexibility index (Phi) is 13.8. The van der Waals surface area contributed by atoms with Crippen molar-refractivity contribution >= 4 is 17.1 Å². The molecular weight excluding hydrogens is 419 g/mol. The van der Waals surface area contributed by atoms with Crippen LogP contribution in [0, 0.1) is 11.7 Å². The summed E-state index contributed by atoms with van der Waals surface area (Å²) in [7, 11) is 1.89. The lowest BCUT2D eigenvalue weighted by molar-refractivity contribution is 0.627. The van der Waals surface area contributed by atoms with Crippen molar-refractivity contribution in [1.29, 1.82) is 0 Å². The number of para-hydroxylation sites is 2. The average Bonchev–Trinajstić information content (AvgIpc) is 2.91. The Morgan fingerprint density at radius 1 is 0.824 bits per heavy atom. The molecule has 0 bridgehead atoms. The number of nitrogens with zero attached hydrogens (tertiary/aromatic N) is 1. The quantitative estimate of drug-likeness (QED) is 0.337. The highest BCUT2D eigenvalue weighted by molar-refractivity contribution is 5.74. The first-order valence-electron chi connectivity index (χ1n) is 12.4. The molecule has 0 spiro atoms. The molecule has 0 aliphatic rings. The molecule has 182 valence electrons. The SMILES string of the molecule is CC.CC.CCC(C)/C=C(\C=C(/NC)c1ccc(F)cc1)N(c1ccccc1)c1ccccc1. The van der Waals surface area contributed by atoms with Gasteiger partial charge in [0.15, 0.2) is 0 Å². The predicted octanol–water partition coefficient (Wildman–Crippen LogP) is 9.21. The van der Waals surface area contributed by atoms with Crippen LogP contribution in [0.2, 0.25) is 0 Å². The van der Waals surface area contributed by atoms with E-state index < -0.39 is 0 Å². The van der Waals surface area contributed by atoms with Gasteiger partial charge >= 0.3 is 0 Å². The highest BCUT2D eigenvalue weighted by atomic mass is 19.1. The van der Waals surface area contributed by atoms with Gasteiger partial charge in [0, 0.05) is 29.8 Å². The molecule has 1 unspecified atom stereocenters. The Bertz CT molecular complexity index is 937. The smallest absolute Gasteiger partial charge is 0.123 e. The molecule has 0 amide bonds. The van der Waals surface area contributed by atoms with E-state index in [1.54, 1.807) is 12.1 Å². The number of allylic oxidation sites excluding steroid dienone is 2. The van der Waals surface area contributed by atoms with E-state index in [0.29, 0.717) is 5.92 Å². The zero-order valence-electron chi connectivity index (χ0n) is 21.8. The van der Waals surface area contributed by atoms with Gasteiger partial charge in [0.2, 0.25) is 0 Å². The van der Waals surface area contributed by atoms with Crippen molar-refractivity contribution in [3.63, 3.8) is 0 Å². The lowest BCUT2D eigenvalue weighted by Gasteiger charge is -2.28. The molecule has 0 saturated heterocycles. The van der Waals surface area contributed by atoms with Crippen molar-refractivity contribution < 1.29 is 4.39 Å². The summed E-state index contributed by atoms with van der Waals surface area (Å²) >= 11 is 0. The van der Waals surface area contributed by atoms with Gasteiger partial charge in [0.25, 0.3) is 0 Å². The van der Waals surface area contributed by atoms with Crippen LogP contribution in [0.1, 0.15) is 53.5 Å². The molecule has 3 aromatic rings. The highest BCUT2D eigenvalue weighted by Crippen LogP contribution is 2.32. The molecule has 3 heteroatoms. The molecule has 34 heavy (non-hydrogen) atoms. The van der Waals surface area contributed by atoms with E-state index in [4.69, 9.17) is 0 Å². The fraction of sp³-hybridized carbons (Fsp3) is 0.290. The second-order valence-electron chi connectivity index (χ2n) is 7.30. The highest BCUT2D eigenvalue weighted by Gasteiger charge is 2.15. The van der Waals surface area contributed by atoms with Crippen LogP contribution in [-0.4, -0.2) is 7.05 Å². The molecule has 0 aliphatic heterocycles. The Balaban J connectivity index is 0.00000137. The number of nitrogens with one attached hydrogen (secondary N) is 1. The number of anilines is 2. The summed E-state index contributed by atoms with van der Waals surface area (Å²) in [5, 5.41) is 3.29.